The smallest absolute Gasteiger partial charge is 0.181 e. The average Bonchev–Trinajstić information content (AvgIpc) is 2.83. The van der Waals surface area contributed by atoms with E-state index in [0.29, 0.717) is 11.2 Å². The summed E-state index contributed by atoms with van der Waals surface area (Å²) in [5.41, 5.74) is 9.70. The third-order valence-electron chi connectivity index (χ3n) is 3.34. The van der Waals surface area contributed by atoms with Gasteiger partial charge in [0.15, 0.2) is 5.13 Å². The summed E-state index contributed by atoms with van der Waals surface area (Å²) in [6.07, 6.45) is 3.46. The van der Waals surface area contributed by atoms with E-state index in [1.54, 1.807) is 11.3 Å². The van der Waals surface area contributed by atoms with Crippen LogP contribution in [0.1, 0.15) is 24.5 Å². The number of hydrogen-bond acceptors (Lipinski definition) is 4. The number of nitrogens with zero attached hydrogens (tertiary/aromatic N) is 1. The maximum Gasteiger partial charge on any atom is 0.181 e. The zero-order chi connectivity index (χ0) is 11.8. The van der Waals surface area contributed by atoms with Crippen LogP contribution in [0, 0.1) is 0 Å². The Labute approximate surface area is 105 Å². The van der Waals surface area contributed by atoms with Crippen molar-refractivity contribution in [3.8, 4) is 0 Å². The molecule has 1 atom stereocenters. The van der Waals surface area contributed by atoms with Crippen LogP contribution < -0.4 is 11.1 Å². The number of rotatable bonds is 3. The Kier molecular flexibility index (Phi) is 2.76. The Hall–Kier alpha value is -1.13. The van der Waals surface area contributed by atoms with Crippen LogP contribution in [0.25, 0.3) is 10.2 Å². The number of nitrogens with two attached hydrogens (primary N) is 1. The quantitative estimate of drug-likeness (QED) is 0.875. The molecule has 3 N–H and O–H groups in total. The van der Waals surface area contributed by atoms with Crippen LogP contribution in [0.15, 0.2) is 12.1 Å². The Morgan fingerprint density at radius 2 is 2.18 bits per heavy atom. The summed E-state index contributed by atoms with van der Waals surface area (Å²) in [5.74, 6) is 0. The Balaban J connectivity index is 1.88. The van der Waals surface area contributed by atoms with Gasteiger partial charge in [-0.1, -0.05) is 18.3 Å². The summed E-state index contributed by atoms with van der Waals surface area (Å²) in [6, 6.07) is 5.09. The van der Waals surface area contributed by atoms with Gasteiger partial charge in [-0.3, -0.25) is 0 Å². The van der Waals surface area contributed by atoms with Gasteiger partial charge in [0.2, 0.25) is 0 Å². The van der Waals surface area contributed by atoms with E-state index in [-0.39, 0.29) is 0 Å². The van der Waals surface area contributed by atoms with Gasteiger partial charge < -0.3 is 11.1 Å². The molecule has 3 rings (SSSR count). The lowest BCUT2D eigenvalue weighted by Gasteiger charge is -2.09. The van der Waals surface area contributed by atoms with Crippen molar-refractivity contribution in [3.63, 3.8) is 0 Å². The second kappa shape index (κ2) is 4.27. The third kappa shape index (κ3) is 2.03. The fraction of sp³-hybridized carbons (Fsp3) is 0.462. The standard InChI is InChI=1S/C13H17N3S/c1-2-3-15-10-4-8-6-11-12(7-9(8)5-10)17-13(14)16-11/h6-7,10,15H,2-5H2,1H3,(H2,14,16)/t10-/m1/s1. The van der Waals surface area contributed by atoms with Gasteiger partial charge in [0, 0.05) is 6.04 Å². The van der Waals surface area contributed by atoms with Crippen LogP contribution in [0.5, 0.6) is 0 Å². The number of nitrogen functional groups attached to an aromatic ring is 1. The molecule has 3 nitrogen and oxygen atoms in total. The summed E-state index contributed by atoms with van der Waals surface area (Å²) < 4.78 is 1.22. The second-order valence-corrected chi connectivity index (χ2v) is 5.76. The van der Waals surface area contributed by atoms with E-state index < -0.39 is 0 Å². The number of benzene rings is 1. The van der Waals surface area contributed by atoms with Crippen molar-refractivity contribution >= 4 is 26.7 Å². The molecule has 0 fully saturated rings. The number of nitrogens with one attached hydrogen (secondary N) is 1. The van der Waals surface area contributed by atoms with Gasteiger partial charge >= 0.3 is 0 Å². The van der Waals surface area contributed by atoms with Gasteiger partial charge in [-0.15, -0.1) is 0 Å². The maximum absolute atomic E-state index is 5.74. The number of hydrogen-bond donors (Lipinski definition) is 2. The molecule has 0 saturated heterocycles. The van der Waals surface area contributed by atoms with E-state index in [1.165, 1.54) is 22.2 Å². The normalized spacial score (nSPS) is 18.8. The van der Waals surface area contributed by atoms with Gasteiger partial charge in [0.1, 0.15) is 0 Å². The largest absolute Gasteiger partial charge is 0.375 e. The number of aromatic nitrogens is 1. The monoisotopic (exact) mass is 247 g/mol. The Morgan fingerprint density at radius 3 is 2.94 bits per heavy atom. The zero-order valence-electron chi connectivity index (χ0n) is 9.99. The molecule has 0 spiro atoms. The molecule has 0 radical (unpaired) electrons. The van der Waals surface area contributed by atoms with E-state index >= 15 is 0 Å². The molecular weight excluding hydrogens is 230 g/mol. The summed E-state index contributed by atoms with van der Waals surface area (Å²) in [7, 11) is 0. The van der Waals surface area contributed by atoms with E-state index in [2.05, 4.69) is 29.4 Å². The maximum atomic E-state index is 5.74. The predicted octanol–water partition coefficient (Wildman–Crippen LogP) is 2.35. The molecule has 1 aromatic heterocycles. The summed E-state index contributed by atoms with van der Waals surface area (Å²) in [6.45, 7) is 3.32. The van der Waals surface area contributed by atoms with E-state index in [9.17, 15) is 0 Å². The van der Waals surface area contributed by atoms with Gasteiger partial charge in [0.25, 0.3) is 0 Å². The van der Waals surface area contributed by atoms with Crippen molar-refractivity contribution in [1.82, 2.24) is 10.3 Å². The SMILES string of the molecule is CCCN[C@@H]1Cc2cc3nc(N)sc3cc2C1. The molecule has 0 bridgehead atoms. The summed E-state index contributed by atoms with van der Waals surface area (Å²) in [4.78, 5) is 4.35. The highest BCUT2D eigenvalue weighted by Gasteiger charge is 2.21. The molecule has 2 aromatic rings. The summed E-state index contributed by atoms with van der Waals surface area (Å²) >= 11 is 1.58. The molecule has 0 amide bonds. The van der Waals surface area contributed by atoms with Crippen LogP contribution in [-0.4, -0.2) is 17.6 Å². The molecule has 1 aliphatic carbocycles. The minimum atomic E-state index is 0.610. The molecule has 90 valence electrons. The van der Waals surface area contributed by atoms with E-state index in [0.717, 1.165) is 24.9 Å². The highest BCUT2D eigenvalue weighted by Crippen LogP contribution is 2.31. The first kappa shape index (κ1) is 11.0. The van der Waals surface area contributed by atoms with Crippen molar-refractivity contribution in [3.05, 3.63) is 23.3 Å². The molecule has 4 heteroatoms. The number of anilines is 1. The molecule has 0 unspecified atom stereocenters. The first-order valence-corrected chi connectivity index (χ1v) is 6.99. The lowest BCUT2D eigenvalue weighted by molar-refractivity contribution is 0.532. The molecule has 1 heterocycles. The Bertz CT molecular complexity index is 504. The zero-order valence-corrected chi connectivity index (χ0v) is 10.8. The molecule has 1 aromatic carbocycles. The molecular formula is C13H17N3S. The molecule has 0 saturated carbocycles. The average molecular weight is 247 g/mol. The summed E-state index contributed by atoms with van der Waals surface area (Å²) in [5, 5.41) is 4.27. The van der Waals surface area contributed by atoms with Crippen molar-refractivity contribution in [1.29, 1.82) is 0 Å². The minimum Gasteiger partial charge on any atom is -0.375 e. The molecule has 0 aliphatic heterocycles. The van der Waals surface area contributed by atoms with Crippen molar-refractivity contribution in [2.75, 3.05) is 12.3 Å². The van der Waals surface area contributed by atoms with Gasteiger partial charge in [-0.05, 0) is 49.1 Å². The van der Waals surface area contributed by atoms with Crippen molar-refractivity contribution < 1.29 is 0 Å². The van der Waals surface area contributed by atoms with Crippen LogP contribution in [-0.2, 0) is 12.8 Å². The van der Waals surface area contributed by atoms with E-state index in [1.807, 2.05) is 0 Å². The minimum absolute atomic E-state index is 0.610. The molecule has 17 heavy (non-hydrogen) atoms. The second-order valence-electron chi connectivity index (χ2n) is 4.70. The lowest BCUT2D eigenvalue weighted by Crippen LogP contribution is -2.29. The first-order valence-electron chi connectivity index (χ1n) is 6.17. The fourth-order valence-electron chi connectivity index (χ4n) is 2.55. The highest BCUT2D eigenvalue weighted by atomic mass is 32.1. The van der Waals surface area contributed by atoms with Crippen LogP contribution >= 0.6 is 11.3 Å². The third-order valence-corrected chi connectivity index (χ3v) is 4.19. The highest BCUT2D eigenvalue weighted by molar-refractivity contribution is 7.22. The van der Waals surface area contributed by atoms with Crippen LogP contribution in [0.4, 0.5) is 5.13 Å². The van der Waals surface area contributed by atoms with Gasteiger partial charge in [-0.25, -0.2) is 4.98 Å². The fourth-order valence-corrected chi connectivity index (χ4v) is 3.33. The van der Waals surface area contributed by atoms with Gasteiger partial charge in [0.05, 0.1) is 10.2 Å². The number of fused-ring (bicyclic) bond motifs is 2. The van der Waals surface area contributed by atoms with Crippen LogP contribution in [0.2, 0.25) is 0 Å². The number of thiazole rings is 1. The molecule has 1 aliphatic rings. The van der Waals surface area contributed by atoms with Crippen molar-refractivity contribution in [2.45, 2.75) is 32.2 Å². The van der Waals surface area contributed by atoms with E-state index in [4.69, 9.17) is 5.73 Å². The topological polar surface area (TPSA) is 50.9 Å². The first-order chi connectivity index (χ1) is 8.26. The van der Waals surface area contributed by atoms with Crippen molar-refractivity contribution in [2.24, 2.45) is 0 Å². The lowest BCUT2D eigenvalue weighted by atomic mass is 10.1. The van der Waals surface area contributed by atoms with Gasteiger partial charge in [-0.2, -0.15) is 0 Å². The predicted molar refractivity (Wildman–Crippen MR) is 73.5 cm³/mol. The Morgan fingerprint density at radius 1 is 1.41 bits per heavy atom. The van der Waals surface area contributed by atoms with Crippen LogP contribution in [0.3, 0.4) is 0 Å².